The number of nitrogens with one attached hydrogen (secondary N) is 1. The van der Waals surface area contributed by atoms with E-state index in [1.165, 1.54) is 0 Å². The molecule has 5 nitrogen and oxygen atoms in total. The molecule has 0 radical (unpaired) electrons. The lowest BCUT2D eigenvalue weighted by molar-refractivity contribution is -0.123. The minimum absolute atomic E-state index is 0.112. The Morgan fingerprint density at radius 3 is 2.75 bits per heavy atom. The van der Waals surface area contributed by atoms with Crippen LogP contribution in [0.4, 0.5) is 0 Å². The van der Waals surface area contributed by atoms with Crippen molar-refractivity contribution < 1.29 is 9.53 Å². The lowest BCUT2D eigenvalue weighted by Gasteiger charge is -2.09. The van der Waals surface area contributed by atoms with Crippen LogP contribution >= 0.6 is 0 Å². The van der Waals surface area contributed by atoms with E-state index in [0.717, 1.165) is 22.2 Å². The van der Waals surface area contributed by atoms with Crippen LogP contribution < -0.4 is 10.2 Å². The van der Waals surface area contributed by atoms with Crippen molar-refractivity contribution in [2.75, 3.05) is 6.61 Å². The molecule has 3 aromatic rings. The molecular weight excluding hydrogens is 302 g/mol. The molecule has 0 saturated carbocycles. The number of hydrogen-bond donors (Lipinski definition) is 1. The van der Waals surface area contributed by atoms with E-state index in [1.807, 2.05) is 67.6 Å². The molecule has 0 aliphatic carbocycles. The van der Waals surface area contributed by atoms with Crippen LogP contribution in [0, 0.1) is 6.92 Å². The molecule has 0 spiro atoms. The van der Waals surface area contributed by atoms with Crippen molar-refractivity contribution in [3.8, 4) is 5.75 Å². The lowest BCUT2D eigenvalue weighted by Crippen LogP contribution is -2.24. The van der Waals surface area contributed by atoms with Gasteiger partial charge in [-0.1, -0.05) is 42.5 Å². The summed E-state index contributed by atoms with van der Waals surface area (Å²) in [5, 5.41) is 4.80. The number of aryl methyl sites for hydroxylation is 1. The van der Waals surface area contributed by atoms with Gasteiger partial charge in [-0.3, -0.25) is 9.78 Å². The average Bonchev–Trinajstić information content (AvgIpc) is 2.60. The highest BCUT2D eigenvalue weighted by Gasteiger charge is 2.07. The zero-order valence-corrected chi connectivity index (χ0v) is 13.3. The van der Waals surface area contributed by atoms with Crippen LogP contribution in [-0.4, -0.2) is 23.7 Å². The Labute approximate surface area is 140 Å². The normalized spacial score (nSPS) is 10.9. The van der Waals surface area contributed by atoms with Gasteiger partial charge in [0, 0.05) is 17.1 Å². The van der Waals surface area contributed by atoms with Crippen LogP contribution in [0.25, 0.3) is 10.9 Å². The van der Waals surface area contributed by atoms with Gasteiger partial charge in [0.05, 0.1) is 11.7 Å². The van der Waals surface area contributed by atoms with Crippen molar-refractivity contribution in [2.45, 2.75) is 6.92 Å². The summed E-state index contributed by atoms with van der Waals surface area (Å²) in [6.07, 6.45) is 1.59. The van der Waals surface area contributed by atoms with Crippen molar-refractivity contribution in [3.63, 3.8) is 0 Å². The minimum atomic E-state index is -0.319. The topological polar surface area (TPSA) is 63.6 Å². The predicted octanol–water partition coefficient (Wildman–Crippen LogP) is 3.07. The average molecular weight is 319 g/mol. The van der Waals surface area contributed by atoms with Gasteiger partial charge in [0.15, 0.2) is 6.61 Å². The second-order valence-corrected chi connectivity index (χ2v) is 5.27. The molecule has 120 valence electrons. The first kappa shape index (κ1) is 15.7. The summed E-state index contributed by atoms with van der Waals surface area (Å²) in [6, 6.07) is 19.0. The SMILES string of the molecule is Cc1cc(OCC(=O)NN=Cc2ccccc2)c2ccccc2n1. The fourth-order valence-electron chi connectivity index (χ4n) is 2.28. The number of para-hydroxylation sites is 1. The molecule has 3 rings (SSSR count). The van der Waals surface area contributed by atoms with E-state index in [1.54, 1.807) is 6.21 Å². The highest BCUT2D eigenvalue weighted by atomic mass is 16.5. The van der Waals surface area contributed by atoms with Crippen LogP contribution in [0.3, 0.4) is 0 Å². The Morgan fingerprint density at radius 2 is 1.92 bits per heavy atom. The molecular formula is C19H17N3O2. The van der Waals surface area contributed by atoms with Crippen molar-refractivity contribution in [2.24, 2.45) is 5.10 Å². The number of rotatable bonds is 5. The number of fused-ring (bicyclic) bond motifs is 1. The number of carbonyl (C=O) groups excluding carboxylic acids is 1. The summed E-state index contributed by atoms with van der Waals surface area (Å²) in [4.78, 5) is 16.3. The van der Waals surface area contributed by atoms with E-state index in [4.69, 9.17) is 4.74 Å². The molecule has 2 aromatic carbocycles. The largest absolute Gasteiger partial charge is 0.483 e. The molecule has 1 aromatic heterocycles. The number of aromatic nitrogens is 1. The Kier molecular flexibility index (Phi) is 4.81. The van der Waals surface area contributed by atoms with Crippen LogP contribution in [-0.2, 0) is 4.79 Å². The Hall–Kier alpha value is -3.21. The third-order valence-electron chi connectivity index (χ3n) is 3.37. The van der Waals surface area contributed by atoms with Crippen molar-refractivity contribution in [1.82, 2.24) is 10.4 Å². The van der Waals surface area contributed by atoms with Gasteiger partial charge >= 0.3 is 0 Å². The van der Waals surface area contributed by atoms with E-state index >= 15 is 0 Å². The molecule has 1 N–H and O–H groups in total. The third-order valence-corrected chi connectivity index (χ3v) is 3.37. The van der Waals surface area contributed by atoms with Gasteiger partial charge < -0.3 is 4.74 Å². The van der Waals surface area contributed by atoms with Crippen LogP contribution in [0.1, 0.15) is 11.3 Å². The van der Waals surface area contributed by atoms with E-state index in [2.05, 4.69) is 15.5 Å². The molecule has 0 saturated heterocycles. The Bertz CT molecular complexity index is 876. The number of pyridine rings is 1. The van der Waals surface area contributed by atoms with Gasteiger partial charge in [0.1, 0.15) is 5.75 Å². The van der Waals surface area contributed by atoms with Crippen molar-refractivity contribution >= 4 is 23.0 Å². The standard InChI is InChI=1S/C19H17N3O2/c1-14-11-18(16-9-5-6-10-17(16)21-14)24-13-19(23)22-20-12-15-7-3-2-4-8-15/h2-12H,13H2,1H3,(H,22,23). The summed E-state index contributed by atoms with van der Waals surface area (Å²) in [6.45, 7) is 1.78. The second kappa shape index (κ2) is 7.37. The van der Waals surface area contributed by atoms with Gasteiger partial charge in [0.2, 0.25) is 0 Å². The van der Waals surface area contributed by atoms with Crippen LogP contribution in [0.2, 0.25) is 0 Å². The van der Waals surface area contributed by atoms with Gasteiger partial charge in [-0.25, -0.2) is 5.43 Å². The summed E-state index contributed by atoms with van der Waals surface area (Å²) < 4.78 is 5.64. The van der Waals surface area contributed by atoms with E-state index < -0.39 is 0 Å². The Balaban J connectivity index is 1.61. The minimum Gasteiger partial charge on any atom is -0.483 e. The fourth-order valence-corrected chi connectivity index (χ4v) is 2.28. The third kappa shape index (κ3) is 3.95. The number of carbonyl (C=O) groups is 1. The first-order valence-electron chi connectivity index (χ1n) is 7.58. The fraction of sp³-hybridized carbons (Fsp3) is 0.105. The number of benzene rings is 2. The molecule has 0 bridgehead atoms. The molecule has 1 amide bonds. The smallest absolute Gasteiger partial charge is 0.277 e. The molecule has 24 heavy (non-hydrogen) atoms. The molecule has 5 heteroatoms. The highest BCUT2D eigenvalue weighted by molar-refractivity contribution is 5.86. The molecule has 0 aliphatic heterocycles. The van der Waals surface area contributed by atoms with Crippen molar-refractivity contribution in [3.05, 3.63) is 71.9 Å². The number of amides is 1. The second-order valence-electron chi connectivity index (χ2n) is 5.27. The zero-order valence-electron chi connectivity index (χ0n) is 13.3. The van der Waals surface area contributed by atoms with Crippen LogP contribution in [0.5, 0.6) is 5.75 Å². The van der Waals surface area contributed by atoms with Crippen LogP contribution in [0.15, 0.2) is 65.8 Å². The quantitative estimate of drug-likeness (QED) is 0.580. The maximum absolute atomic E-state index is 11.9. The lowest BCUT2D eigenvalue weighted by atomic mass is 10.2. The number of ether oxygens (including phenoxy) is 1. The van der Waals surface area contributed by atoms with E-state index in [9.17, 15) is 4.79 Å². The maximum Gasteiger partial charge on any atom is 0.277 e. The van der Waals surface area contributed by atoms with Gasteiger partial charge in [-0.2, -0.15) is 5.10 Å². The Morgan fingerprint density at radius 1 is 1.17 bits per heavy atom. The number of nitrogens with zero attached hydrogens (tertiary/aromatic N) is 2. The van der Waals surface area contributed by atoms with Gasteiger partial charge in [-0.05, 0) is 24.6 Å². The molecule has 1 heterocycles. The predicted molar refractivity (Wildman–Crippen MR) is 94.2 cm³/mol. The first-order valence-corrected chi connectivity index (χ1v) is 7.58. The number of hydrazone groups is 1. The number of hydrogen-bond acceptors (Lipinski definition) is 4. The van der Waals surface area contributed by atoms with E-state index in [0.29, 0.717) is 5.75 Å². The van der Waals surface area contributed by atoms with E-state index in [-0.39, 0.29) is 12.5 Å². The van der Waals surface area contributed by atoms with Gasteiger partial charge in [0.25, 0.3) is 5.91 Å². The van der Waals surface area contributed by atoms with Gasteiger partial charge in [-0.15, -0.1) is 0 Å². The first-order chi connectivity index (χ1) is 11.7. The monoisotopic (exact) mass is 319 g/mol. The molecule has 0 atom stereocenters. The van der Waals surface area contributed by atoms with Crippen molar-refractivity contribution in [1.29, 1.82) is 0 Å². The summed E-state index contributed by atoms with van der Waals surface area (Å²) in [5.74, 6) is 0.320. The summed E-state index contributed by atoms with van der Waals surface area (Å²) >= 11 is 0. The maximum atomic E-state index is 11.9. The highest BCUT2D eigenvalue weighted by Crippen LogP contribution is 2.24. The molecule has 0 fully saturated rings. The molecule has 0 aliphatic rings. The molecule has 0 unspecified atom stereocenters. The summed E-state index contributed by atoms with van der Waals surface area (Å²) in [7, 11) is 0. The zero-order chi connectivity index (χ0) is 16.8. The summed E-state index contributed by atoms with van der Waals surface area (Å²) in [5.41, 5.74) is 5.05.